The van der Waals surface area contributed by atoms with Crippen molar-refractivity contribution >= 4 is 40.5 Å². The van der Waals surface area contributed by atoms with E-state index in [1.54, 1.807) is 0 Å². The SMILES string of the molecule is Nc1cc(Cl)c(NC(=O)c2ccoc2)c(Cl)c1. The lowest BCUT2D eigenvalue weighted by Crippen LogP contribution is -2.11. The van der Waals surface area contributed by atoms with Gasteiger partial charge in [0, 0.05) is 5.69 Å². The predicted octanol–water partition coefficient (Wildman–Crippen LogP) is 3.42. The number of anilines is 2. The molecule has 2 aromatic rings. The quantitative estimate of drug-likeness (QED) is 0.822. The van der Waals surface area contributed by atoms with Crippen molar-refractivity contribution in [1.82, 2.24) is 0 Å². The molecule has 0 spiro atoms. The third kappa shape index (κ3) is 2.54. The summed E-state index contributed by atoms with van der Waals surface area (Å²) in [6.07, 6.45) is 2.73. The van der Waals surface area contributed by atoms with Crippen LogP contribution in [0.1, 0.15) is 10.4 Å². The van der Waals surface area contributed by atoms with E-state index in [0.717, 1.165) is 0 Å². The van der Waals surface area contributed by atoms with Crippen LogP contribution in [-0.4, -0.2) is 5.91 Å². The number of nitrogens with two attached hydrogens (primary N) is 1. The highest BCUT2D eigenvalue weighted by atomic mass is 35.5. The van der Waals surface area contributed by atoms with Crippen LogP contribution in [0.2, 0.25) is 10.0 Å². The fraction of sp³-hybridized carbons (Fsp3) is 0. The van der Waals surface area contributed by atoms with Crippen molar-refractivity contribution in [2.45, 2.75) is 0 Å². The lowest BCUT2D eigenvalue weighted by molar-refractivity contribution is 0.102. The van der Waals surface area contributed by atoms with Crippen molar-refractivity contribution < 1.29 is 9.21 Å². The number of nitrogen functional groups attached to an aromatic ring is 1. The largest absolute Gasteiger partial charge is 0.472 e. The van der Waals surface area contributed by atoms with Crippen LogP contribution in [0.5, 0.6) is 0 Å². The van der Waals surface area contributed by atoms with E-state index in [1.165, 1.54) is 30.7 Å². The van der Waals surface area contributed by atoms with Gasteiger partial charge in [-0.1, -0.05) is 23.2 Å². The first-order valence-electron chi connectivity index (χ1n) is 4.66. The molecule has 6 heteroatoms. The number of carbonyl (C=O) groups is 1. The fourth-order valence-electron chi connectivity index (χ4n) is 1.29. The molecule has 0 radical (unpaired) electrons. The van der Waals surface area contributed by atoms with Crippen LogP contribution in [0.15, 0.2) is 35.1 Å². The third-order valence-electron chi connectivity index (χ3n) is 2.09. The summed E-state index contributed by atoms with van der Waals surface area (Å²) in [7, 11) is 0. The van der Waals surface area contributed by atoms with Crippen LogP contribution in [0, 0.1) is 0 Å². The summed E-state index contributed by atoms with van der Waals surface area (Å²) in [5.74, 6) is -0.354. The molecule has 2 rings (SSSR count). The molecular formula is C11H8Cl2N2O2. The van der Waals surface area contributed by atoms with Gasteiger partial charge in [-0.2, -0.15) is 0 Å². The molecule has 0 unspecified atom stereocenters. The van der Waals surface area contributed by atoms with Crippen molar-refractivity contribution in [3.63, 3.8) is 0 Å². The van der Waals surface area contributed by atoms with Crippen LogP contribution in [0.25, 0.3) is 0 Å². The predicted molar refractivity (Wildman–Crippen MR) is 67.5 cm³/mol. The van der Waals surface area contributed by atoms with Crippen LogP contribution < -0.4 is 11.1 Å². The van der Waals surface area contributed by atoms with E-state index < -0.39 is 0 Å². The monoisotopic (exact) mass is 270 g/mol. The van der Waals surface area contributed by atoms with E-state index in [4.69, 9.17) is 33.4 Å². The number of hydrogen-bond donors (Lipinski definition) is 2. The second-order valence-corrected chi connectivity index (χ2v) is 4.14. The minimum Gasteiger partial charge on any atom is -0.472 e. The molecule has 0 fully saturated rings. The van der Waals surface area contributed by atoms with Crippen molar-refractivity contribution in [1.29, 1.82) is 0 Å². The van der Waals surface area contributed by atoms with Crippen LogP contribution in [0.4, 0.5) is 11.4 Å². The highest BCUT2D eigenvalue weighted by molar-refractivity contribution is 6.40. The molecule has 4 nitrogen and oxygen atoms in total. The number of benzene rings is 1. The molecule has 0 aliphatic rings. The Labute approximate surface area is 107 Å². The number of nitrogens with one attached hydrogen (secondary N) is 1. The van der Waals surface area contributed by atoms with Crippen molar-refractivity contribution in [2.24, 2.45) is 0 Å². The number of carbonyl (C=O) groups excluding carboxylic acids is 1. The molecule has 3 N–H and O–H groups in total. The molecule has 1 amide bonds. The molecule has 88 valence electrons. The molecule has 1 heterocycles. The minimum absolute atomic E-state index is 0.284. The number of halogens is 2. The molecule has 0 saturated carbocycles. The molecular weight excluding hydrogens is 263 g/mol. The normalized spacial score (nSPS) is 10.2. The second-order valence-electron chi connectivity index (χ2n) is 3.33. The van der Waals surface area contributed by atoms with E-state index in [9.17, 15) is 4.79 Å². The Balaban J connectivity index is 2.28. The average molecular weight is 271 g/mol. The van der Waals surface area contributed by atoms with Crippen molar-refractivity contribution in [3.8, 4) is 0 Å². The van der Waals surface area contributed by atoms with Gasteiger partial charge in [0.2, 0.25) is 0 Å². The topological polar surface area (TPSA) is 68.3 Å². The summed E-state index contributed by atoms with van der Waals surface area (Å²) in [4.78, 5) is 11.7. The van der Waals surface area contributed by atoms with E-state index >= 15 is 0 Å². The van der Waals surface area contributed by atoms with Gasteiger partial charge in [-0.25, -0.2) is 0 Å². The van der Waals surface area contributed by atoms with E-state index in [1.807, 2.05) is 0 Å². The zero-order valence-corrected chi connectivity index (χ0v) is 10.0. The fourth-order valence-corrected chi connectivity index (χ4v) is 1.89. The summed E-state index contributed by atoms with van der Waals surface area (Å²) in [5.41, 5.74) is 6.70. The molecule has 17 heavy (non-hydrogen) atoms. The maximum Gasteiger partial charge on any atom is 0.258 e. The molecule has 0 aliphatic heterocycles. The lowest BCUT2D eigenvalue weighted by Gasteiger charge is -2.09. The Morgan fingerprint density at radius 2 is 1.94 bits per heavy atom. The third-order valence-corrected chi connectivity index (χ3v) is 2.68. The van der Waals surface area contributed by atoms with Crippen molar-refractivity contribution in [2.75, 3.05) is 11.1 Å². The Bertz CT molecular complexity index is 530. The Morgan fingerprint density at radius 1 is 1.29 bits per heavy atom. The van der Waals surface area contributed by atoms with Crippen LogP contribution in [0.3, 0.4) is 0 Å². The molecule has 0 aliphatic carbocycles. The van der Waals surface area contributed by atoms with Gasteiger partial charge in [0.15, 0.2) is 0 Å². The maximum atomic E-state index is 11.7. The van der Waals surface area contributed by atoms with Gasteiger partial charge >= 0.3 is 0 Å². The van der Waals surface area contributed by atoms with Gasteiger partial charge in [-0.3, -0.25) is 4.79 Å². The van der Waals surface area contributed by atoms with E-state index in [-0.39, 0.29) is 16.0 Å². The van der Waals surface area contributed by atoms with Gasteiger partial charge in [0.1, 0.15) is 6.26 Å². The Morgan fingerprint density at radius 3 is 2.47 bits per heavy atom. The highest BCUT2D eigenvalue weighted by Crippen LogP contribution is 2.33. The Hall–Kier alpha value is -1.65. The molecule has 1 aromatic heterocycles. The minimum atomic E-state index is -0.354. The average Bonchev–Trinajstić information content (AvgIpc) is 2.76. The summed E-state index contributed by atoms with van der Waals surface area (Å²) in [6, 6.07) is 4.56. The first-order chi connectivity index (χ1) is 8.08. The maximum absolute atomic E-state index is 11.7. The summed E-state index contributed by atoms with van der Waals surface area (Å²) in [5, 5.41) is 3.16. The zero-order valence-electron chi connectivity index (χ0n) is 8.54. The van der Waals surface area contributed by atoms with Crippen molar-refractivity contribution in [3.05, 3.63) is 46.3 Å². The number of hydrogen-bond acceptors (Lipinski definition) is 3. The van der Waals surface area contributed by atoms with Gasteiger partial charge in [-0.05, 0) is 18.2 Å². The van der Waals surface area contributed by atoms with Gasteiger partial charge in [0.25, 0.3) is 5.91 Å². The van der Waals surface area contributed by atoms with Crippen LogP contribution >= 0.6 is 23.2 Å². The molecule has 0 atom stereocenters. The first-order valence-corrected chi connectivity index (χ1v) is 5.41. The zero-order chi connectivity index (χ0) is 12.4. The number of rotatable bonds is 2. The smallest absolute Gasteiger partial charge is 0.258 e. The summed E-state index contributed by atoms with van der Waals surface area (Å²) >= 11 is 11.9. The standard InChI is InChI=1S/C11H8Cl2N2O2/c12-8-3-7(14)4-9(13)10(8)15-11(16)6-1-2-17-5-6/h1-5H,14H2,(H,15,16). The van der Waals surface area contributed by atoms with E-state index in [2.05, 4.69) is 5.32 Å². The summed E-state index contributed by atoms with van der Waals surface area (Å²) < 4.78 is 4.81. The lowest BCUT2D eigenvalue weighted by atomic mass is 10.2. The molecule has 0 saturated heterocycles. The Kier molecular flexibility index (Phi) is 3.26. The number of furan rings is 1. The highest BCUT2D eigenvalue weighted by Gasteiger charge is 2.13. The van der Waals surface area contributed by atoms with Gasteiger partial charge in [-0.15, -0.1) is 0 Å². The second kappa shape index (κ2) is 4.69. The summed E-state index contributed by atoms with van der Waals surface area (Å²) in [6.45, 7) is 0. The molecule has 1 aromatic carbocycles. The first kappa shape index (κ1) is 11.8. The molecule has 0 bridgehead atoms. The number of amides is 1. The van der Waals surface area contributed by atoms with E-state index in [0.29, 0.717) is 16.9 Å². The van der Waals surface area contributed by atoms with Gasteiger partial charge in [0.05, 0.1) is 27.6 Å². The van der Waals surface area contributed by atoms with Crippen LogP contribution in [-0.2, 0) is 0 Å². The van der Waals surface area contributed by atoms with Gasteiger partial charge < -0.3 is 15.5 Å².